The van der Waals surface area contributed by atoms with Gasteiger partial charge in [0, 0.05) is 18.5 Å². The Kier molecular flexibility index (Phi) is 14.1. The molecule has 2 aromatic rings. The molecule has 3 unspecified atom stereocenters. The van der Waals surface area contributed by atoms with E-state index in [4.69, 9.17) is 14.6 Å². The van der Waals surface area contributed by atoms with Crippen LogP contribution in [0, 0.1) is 23.7 Å². The van der Waals surface area contributed by atoms with Gasteiger partial charge in [0.15, 0.2) is 0 Å². The fourth-order valence-electron chi connectivity index (χ4n) is 6.35. The first-order chi connectivity index (χ1) is 19.1. The van der Waals surface area contributed by atoms with Crippen molar-refractivity contribution in [3.8, 4) is 5.75 Å². The number of aliphatic hydroxyl groups excluding tert-OH is 1. The van der Waals surface area contributed by atoms with Crippen LogP contribution in [0.15, 0.2) is 60.7 Å². The van der Waals surface area contributed by atoms with Crippen molar-refractivity contribution in [2.75, 3.05) is 14.2 Å². The van der Waals surface area contributed by atoms with Crippen molar-refractivity contribution in [1.82, 2.24) is 4.90 Å². The third-order valence-corrected chi connectivity index (χ3v) is 8.70. The zero-order valence-corrected chi connectivity index (χ0v) is 25.8. The fraction of sp³-hybridized carbons (Fsp3) is 0.576. The van der Waals surface area contributed by atoms with Gasteiger partial charge < -0.3 is 19.7 Å². The number of nitrogens with zero attached hydrogens (tertiary/aromatic N) is 1. The van der Waals surface area contributed by atoms with Crippen molar-refractivity contribution in [3.63, 3.8) is 0 Å². The minimum atomic E-state index is -0.408. The lowest BCUT2D eigenvalue weighted by molar-refractivity contribution is -0.156. The molecule has 1 saturated carbocycles. The number of carbonyl (C=O) groups excluding carboxylic acids is 2. The molecule has 2 bridgehead atoms. The van der Waals surface area contributed by atoms with E-state index in [0.717, 1.165) is 25.2 Å². The number of hydrogen-bond acceptors (Lipinski definition) is 7. The molecule has 2 aliphatic heterocycles. The highest BCUT2D eigenvalue weighted by Gasteiger charge is 2.51. The van der Waals surface area contributed by atoms with Crippen molar-refractivity contribution in [3.05, 3.63) is 66.2 Å². The molecule has 7 nitrogen and oxygen atoms in total. The number of phenolic OH excluding ortho intramolecular Hbond substituents is 1. The molecule has 0 spiro atoms. The minimum absolute atomic E-state index is 0. The van der Waals surface area contributed by atoms with Gasteiger partial charge in [0.2, 0.25) is 0 Å². The Hall–Kier alpha value is -2.61. The zero-order valence-electron chi connectivity index (χ0n) is 25.0. The summed E-state index contributed by atoms with van der Waals surface area (Å²) in [4.78, 5) is 26.7. The molecule has 0 amide bonds. The van der Waals surface area contributed by atoms with E-state index >= 15 is 0 Å². The molecule has 3 aliphatic rings. The molecule has 0 aromatic heterocycles. The van der Waals surface area contributed by atoms with E-state index in [-0.39, 0.29) is 36.5 Å². The van der Waals surface area contributed by atoms with Gasteiger partial charge in [-0.3, -0.25) is 9.69 Å². The lowest BCUT2D eigenvalue weighted by Gasteiger charge is -2.40. The summed E-state index contributed by atoms with van der Waals surface area (Å²) in [5.74, 6) is 1.21. The van der Waals surface area contributed by atoms with Gasteiger partial charge in [0.05, 0.1) is 18.8 Å². The Labute approximate surface area is 251 Å². The molecular formula is C33H48ClNO6. The maximum absolute atomic E-state index is 12.3. The third-order valence-electron chi connectivity index (χ3n) is 8.70. The van der Waals surface area contributed by atoms with E-state index < -0.39 is 12.0 Å². The highest BCUT2D eigenvalue weighted by atomic mass is 35.5. The number of para-hydroxylation sites is 1. The Morgan fingerprint density at radius 3 is 2.05 bits per heavy atom. The van der Waals surface area contributed by atoms with Gasteiger partial charge in [-0.05, 0) is 74.8 Å². The Morgan fingerprint density at radius 2 is 1.54 bits per heavy atom. The van der Waals surface area contributed by atoms with Crippen molar-refractivity contribution in [2.24, 2.45) is 23.7 Å². The van der Waals surface area contributed by atoms with Gasteiger partial charge >= 0.3 is 11.9 Å². The number of esters is 2. The predicted molar refractivity (Wildman–Crippen MR) is 163 cm³/mol. The highest BCUT2D eigenvalue weighted by molar-refractivity contribution is 5.89. The fourth-order valence-corrected chi connectivity index (χ4v) is 6.35. The quantitative estimate of drug-likeness (QED) is 0.415. The number of hydrogen-bond donors (Lipinski definition) is 2. The number of halogens is 1. The van der Waals surface area contributed by atoms with Crippen LogP contribution in [0.5, 0.6) is 5.75 Å². The van der Waals surface area contributed by atoms with Crippen molar-refractivity contribution in [1.29, 1.82) is 0 Å². The molecule has 1 aliphatic carbocycles. The Balaban J connectivity index is 0.000000257. The molecule has 2 saturated heterocycles. The molecule has 2 N–H and O–H groups in total. The molecular weight excluding hydrogens is 542 g/mol. The summed E-state index contributed by atoms with van der Waals surface area (Å²) in [6.07, 6.45) is 5.77. The van der Waals surface area contributed by atoms with Crippen LogP contribution >= 0.6 is 12.4 Å². The molecule has 228 valence electrons. The summed E-state index contributed by atoms with van der Waals surface area (Å²) in [7, 11) is 3.42. The van der Waals surface area contributed by atoms with Crippen molar-refractivity contribution in [2.45, 2.75) is 83.6 Å². The largest absolute Gasteiger partial charge is 0.508 e. The predicted octanol–water partition coefficient (Wildman–Crippen LogP) is 6.12. The number of methoxy groups -OCH3 is 1. The van der Waals surface area contributed by atoms with E-state index in [9.17, 15) is 14.7 Å². The SMILES string of the molecule is CC(C)[C@H]1CC[C@H](C)C[C@@H]1O.COC(=O)C1C(OC(=O)c2ccccc2)CC2CC[C@H]1N2C.Cl.Oc1ccccc1. The number of aliphatic hydroxyl groups is 1. The van der Waals surface area contributed by atoms with Gasteiger partial charge in [0.1, 0.15) is 17.8 Å². The standard InChI is InChI=1S/C17H21NO4.C10H20O.C6H6O.ClH/c1-18-12-8-9-13(18)15(17(20)21-2)14(10-12)22-16(19)11-6-4-3-5-7-11;1-7(2)9-5-4-8(3)6-10(9)11;7-6-4-2-1-3-5-6;/h3-7,12-15H,8-10H2,1-2H3;7-11H,4-6H2,1-3H3;1-5,7H;1H/t12?,13-,14?,15?;8-,9+,10-;;/m10../s1. The zero-order chi connectivity index (χ0) is 29.2. The lowest BCUT2D eigenvalue weighted by atomic mass is 9.75. The minimum Gasteiger partial charge on any atom is -0.508 e. The summed E-state index contributed by atoms with van der Waals surface area (Å²) in [6.45, 7) is 6.66. The molecule has 41 heavy (non-hydrogen) atoms. The average molecular weight is 590 g/mol. The molecule has 7 atom stereocenters. The first-order valence-corrected chi connectivity index (χ1v) is 14.6. The molecule has 5 rings (SSSR count). The van der Waals surface area contributed by atoms with Crippen LogP contribution in [-0.2, 0) is 14.3 Å². The topological polar surface area (TPSA) is 96.3 Å². The summed E-state index contributed by atoms with van der Waals surface area (Å²) in [5.41, 5.74) is 0.511. The van der Waals surface area contributed by atoms with Gasteiger partial charge in [-0.1, -0.05) is 63.6 Å². The molecule has 8 heteroatoms. The highest BCUT2D eigenvalue weighted by Crippen LogP contribution is 2.40. The van der Waals surface area contributed by atoms with Gasteiger partial charge in [-0.25, -0.2) is 4.79 Å². The number of benzene rings is 2. The average Bonchev–Trinajstić information content (AvgIpc) is 3.17. The maximum atomic E-state index is 12.3. The monoisotopic (exact) mass is 589 g/mol. The van der Waals surface area contributed by atoms with Crippen LogP contribution in [0.3, 0.4) is 0 Å². The number of aromatic hydroxyl groups is 1. The Morgan fingerprint density at radius 1 is 0.927 bits per heavy atom. The lowest BCUT2D eigenvalue weighted by Crippen LogP contribution is -2.53. The van der Waals surface area contributed by atoms with Crippen LogP contribution in [0.2, 0.25) is 0 Å². The normalized spacial score (nSPS) is 28.6. The Bertz CT molecular complexity index is 1050. The number of phenols is 1. The van der Waals surface area contributed by atoms with Crippen molar-refractivity contribution < 1.29 is 29.3 Å². The number of piperidine rings is 1. The summed E-state index contributed by atoms with van der Waals surface area (Å²) < 4.78 is 10.6. The van der Waals surface area contributed by atoms with E-state index in [1.165, 1.54) is 20.0 Å². The second kappa shape index (κ2) is 16.7. The van der Waals surface area contributed by atoms with Crippen LogP contribution in [0.1, 0.15) is 69.7 Å². The summed E-state index contributed by atoms with van der Waals surface area (Å²) >= 11 is 0. The number of carbonyl (C=O) groups is 2. The van der Waals surface area contributed by atoms with Crippen LogP contribution in [0.25, 0.3) is 0 Å². The van der Waals surface area contributed by atoms with Gasteiger partial charge in [0.25, 0.3) is 0 Å². The second-order valence-electron chi connectivity index (χ2n) is 11.8. The summed E-state index contributed by atoms with van der Waals surface area (Å²) in [5, 5.41) is 18.3. The van der Waals surface area contributed by atoms with Crippen LogP contribution < -0.4 is 0 Å². The van der Waals surface area contributed by atoms with Crippen LogP contribution in [-0.4, -0.2) is 65.5 Å². The van der Waals surface area contributed by atoms with Crippen LogP contribution in [0.4, 0.5) is 0 Å². The van der Waals surface area contributed by atoms with E-state index in [1.54, 1.807) is 48.5 Å². The first kappa shape index (κ1) is 34.6. The number of fused-ring (bicyclic) bond motifs is 2. The van der Waals surface area contributed by atoms with Gasteiger partial charge in [-0.2, -0.15) is 0 Å². The smallest absolute Gasteiger partial charge is 0.338 e. The summed E-state index contributed by atoms with van der Waals surface area (Å²) in [6, 6.07) is 18.1. The molecule has 0 radical (unpaired) electrons. The van der Waals surface area contributed by atoms with Gasteiger partial charge in [-0.15, -0.1) is 12.4 Å². The third kappa shape index (κ3) is 9.73. The first-order valence-electron chi connectivity index (χ1n) is 14.6. The number of rotatable bonds is 4. The molecule has 2 heterocycles. The van der Waals surface area contributed by atoms with E-state index in [1.807, 2.05) is 19.2 Å². The second-order valence-corrected chi connectivity index (χ2v) is 11.8. The molecule has 3 fully saturated rings. The maximum Gasteiger partial charge on any atom is 0.338 e. The van der Waals surface area contributed by atoms with Crippen molar-refractivity contribution >= 4 is 24.3 Å². The number of ether oxygens (including phenoxy) is 2. The van der Waals surface area contributed by atoms with E-state index in [2.05, 4.69) is 25.7 Å². The van der Waals surface area contributed by atoms with E-state index in [0.29, 0.717) is 35.6 Å². The molecule has 2 aromatic carbocycles.